The molecule has 2 aliphatic heterocycles. The van der Waals surface area contributed by atoms with Gasteiger partial charge in [-0.05, 0) is 72.2 Å². The molecule has 3 amide bonds. The Morgan fingerprint density at radius 3 is 2.40 bits per heavy atom. The minimum Gasteiger partial charge on any atom is -0.451 e. The number of nitrogens with zero attached hydrogens (tertiary/aromatic N) is 3. The van der Waals surface area contributed by atoms with Crippen molar-refractivity contribution in [2.75, 3.05) is 37.2 Å². The van der Waals surface area contributed by atoms with Crippen LogP contribution in [0.4, 0.5) is 5.69 Å². The zero-order valence-electron chi connectivity index (χ0n) is 27.9. The van der Waals surface area contributed by atoms with Crippen LogP contribution >= 0.6 is 11.6 Å². The fraction of sp³-hybridized carbons (Fsp3) is 0.351. The van der Waals surface area contributed by atoms with Crippen LogP contribution in [-0.4, -0.2) is 74.9 Å². The Labute approximate surface area is 295 Å². The molecule has 262 valence electrons. The minimum absolute atomic E-state index is 0.102. The van der Waals surface area contributed by atoms with E-state index >= 15 is 0 Å². The van der Waals surface area contributed by atoms with Gasteiger partial charge in [0.2, 0.25) is 21.8 Å². The number of carbonyl (C=O) groups excluding carboxylic acids is 3. The van der Waals surface area contributed by atoms with Crippen LogP contribution in [-0.2, 0) is 32.6 Å². The number of amides is 3. The van der Waals surface area contributed by atoms with Crippen LogP contribution < -0.4 is 15.1 Å². The fourth-order valence-corrected chi connectivity index (χ4v) is 7.34. The van der Waals surface area contributed by atoms with E-state index in [0.29, 0.717) is 31.1 Å². The van der Waals surface area contributed by atoms with Crippen molar-refractivity contribution in [3.63, 3.8) is 0 Å². The standard InChI is InChI=1S/C37H39ClN4O7S/c1-40(50(2,47)48)28-13-14-33-30(21-28)32(43)22-34(49-33)36(45)39-31(20-24-9-11-27(38)12-10-24)37(46)41-18-15-25(16-19-41)29-7-4-3-6-26(29)23-42-17-5-8-35(42)44/h3-4,6-7,9-14,21-22,25,31H,5,8,15-20,23H2,1-2H3,(H,39,45)/t31-/m0/s1. The quantitative estimate of drug-likeness (QED) is 0.251. The summed E-state index contributed by atoms with van der Waals surface area (Å²) < 4.78 is 30.8. The smallest absolute Gasteiger partial charge is 0.287 e. The molecule has 0 spiro atoms. The van der Waals surface area contributed by atoms with Gasteiger partial charge in [0.05, 0.1) is 17.3 Å². The maximum Gasteiger partial charge on any atom is 0.287 e. The van der Waals surface area contributed by atoms with E-state index in [1.54, 1.807) is 29.2 Å². The lowest BCUT2D eigenvalue weighted by Gasteiger charge is -2.35. The molecule has 0 radical (unpaired) electrons. The van der Waals surface area contributed by atoms with Gasteiger partial charge in [-0.1, -0.05) is 48.0 Å². The van der Waals surface area contributed by atoms with Gasteiger partial charge in [0.1, 0.15) is 11.6 Å². The molecular weight excluding hydrogens is 680 g/mol. The molecule has 11 nitrogen and oxygen atoms in total. The summed E-state index contributed by atoms with van der Waals surface area (Å²) in [5.41, 5.74) is 2.97. The third-order valence-corrected chi connectivity index (χ3v) is 11.0. The highest BCUT2D eigenvalue weighted by molar-refractivity contribution is 7.92. The lowest BCUT2D eigenvalue weighted by Crippen LogP contribution is -2.51. The first-order valence-corrected chi connectivity index (χ1v) is 18.8. The maximum absolute atomic E-state index is 14.1. The van der Waals surface area contributed by atoms with E-state index in [4.69, 9.17) is 16.0 Å². The van der Waals surface area contributed by atoms with Crippen LogP contribution in [0.3, 0.4) is 0 Å². The van der Waals surface area contributed by atoms with Gasteiger partial charge in [-0.3, -0.25) is 23.5 Å². The molecule has 3 aromatic carbocycles. The Kier molecular flexibility index (Phi) is 10.3. The van der Waals surface area contributed by atoms with E-state index < -0.39 is 27.4 Å². The van der Waals surface area contributed by atoms with Crippen molar-refractivity contribution in [3.05, 3.63) is 110 Å². The van der Waals surface area contributed by atoms with E-state index in [2.05, 4.69) is 17.4 Å². The van der Waals surface area contributed by atoms with Gasteiger partial charge < -0.3 is 19.5 Å². The molecule has 0 aliphatic carbocycles. The van der Waals surface area contributed by atoms with Crippen LogP contribution in [0, 0.1) is 0 Å². The number of benzene rings is 3. The maximum atomic E-state index is 14.1. The van der Waals surface area contributed by atoms with Crippen LogP contribution in [0.2, 0.25) is 5.02 Å². The molecule has 6 rings (SSSR count). The first-order valence-electron chi connectivity index (χ1n) is 16.6. The van der Waals surface area contributed by atoms with Gasteiger partial charge in [-0.2, -0.15) is 0 Å². The predicted molar refractivity (Wildman–Crippen MR) is 192 cm³/mol. The first kappa shape index (κ1) is 35.2. The summed E-state index contributed by atoms with van der Waals surface area (Å²) in [4.78, 5) is 56.7. The fourth-order valence-electron chi connectivity index (χ4n) is 6.71. The molecule has 4 aromatic rings. The van der Waals surface area contributed by atoms with Crippen LogP contribution in [0.25, 0.3) is 11.0 Å². The first-order chi connectivity index (χ1) is 23.9. The number of carbonyl (C=O) groups is 3. The molecule has 3 heterocycles. The van der Waals surface area contributed by atoms with Gasteiger partial charge in [-0.25, -0.2) is 8.42 Å². The van der Waals surface area contributed by atoms with Gasteiger partial charge in [0.25, 0.3) is 5.91 Å². The van der Waals surface area contributed by atoms with Crippen molar-refractivity contribution in [1.82, 2.24) is 15.1 Å². The molecule has 1 N–H and O–H groups in total. The molecule has 13 heteroatoms. The van der Waals surface area contributed by atoms with E-state index in [0.717, 1.165) is 53.6 Å². The lowest BCUT2D eigenvalue weighted by molar-refractivity contribution is -0.134. The summed E-state index contributed by atoms with van der Waals surface area (Å²) in [5, 5.41) is 3.46. The van der Waals surface area contributed by atoms with Gasteiger partial charge in [0, 0.05) is 57.2 Å². The van der Waals surface area contributed by atoms with Gasteiger partial charge in [-0.15, -0.1) is 0 Å². The molecule has 0 saturated carbocycles. The number of nitrogens with one attached hydrogen (secondary N) is 1. The molecule has 1 atom stereocenters. The average Bonchev–Trinajstić information content (AvgIpc) is 3.51. The number of sulfonamides is 1. The Hall–Kier alpha value is -4.68. The van der Waals surface area contributed by atoms with Crippen LogP contribution in [0.5, 0.6) is 0 Å². The topological polar surface area (TPSA) is 137 Å². The second-order valence-corrected chi connectivity index (χ2v) is 15.4. The second-order valence-electron chi connectivity index (χ2n) is 13.0. The number of piperidine rings is 1. The predicted octanol–water partition coefficient (Wildman–Crippen LogP) is 4.71. The Bertz CT molecular complexity index is 2090. The normalized spacial score (nSPS) is 16.1. The molecule has 1 aromatic heterocycles. The summed E-state index contributed by atoms with van der Waals surface area (Å²) >= 11 is 6.10. The molecule has 50 heavy (non-hydrogen) atoms. The van der Waals surface area contributed by atoms with Crippen molar-refractivity contribution in [1.29, 1.82) is 0 Å². The van der Waals surface area contributed by atoms with Gasteiger partial charge in [0.15, 0.2) is 11.2 Å². The zero-order valence-corrected chi connectivity index (χ0v) is 29.5. The molecule has 0 bridgehead atoms. The third-order valence-electron chi connectivity index (χ3n) is 9.59. The summed E-state index contributed by atoms with van der Waals surface area (Å²) in [7, 11) is -2.19. The summed E-state index contributed by atoms with van der Waals surface area (Å²) in [5.74, 6) is -0.842. The second kappa shape index (κ2) is 14.7. The van der Waals surface area contributed by atoms with Crippen molar-refractivity contribution in [2.45, 2.75) is 50.6 Å². The minimum atomic E-state index is -3.56. The largest absolute Gasteiger partial charge is 0.451 e. The molecule has 2 aliphatic rings. The number of hydrogen-bond acceptors (Lipinski definition) is 7. The molecule has 0 unspecified atom stereocenters. The Morgan fingerprint density at radius 1 is 1.00 bits per heavy atom. The zero-order chi connectivity index (χ0) is 35.6. The van der Waals surface area contributed by atoms with Crippen LogP contribution in [0.1, 0.15) is 58.8 Å². The highest BCUT2D eigenvalue weighted by Crippen LogP contribution is 2.32. The van der Waals surface area contributed by atoms with Crippen LogP contribution in [0.15, 0.2) is 82.0 Å². The Balaban J connectivity index is 1.19. The number of rotatable bonds is 10. The summed E-state index contributed by atoms with van der Waals surface area (Å²) in [6, 6.07) is 19.6. The monoisotopic (exact) mass is 718 g/mol. The lowest BCUT2D eigenvalue weighted by atomic mass is 9.86. The summed E-state index contributed by atoms with van der Waals surface area (Å²) in [6.07, 6.45) is 4.18. The Morgan fingerprint density at radius 2 is 1.72 bits per heavy atom. The SMILES string of the molecule is CN(c1ccc2oc(C(=O)N[C@@H](Cc3ccc(Cl)cc3)C(=O)N3CCC(c4ccccc4CN4CCCC4=O)CC3)cc(=O)c2c1)S(C)(=O)=O. The number of hydrogen-bond donors (Lipinski definition) is 1. The number of fused-ring (bicyclic) bond motifs is 1. The molecule has 2 fully saturated rings. The van der Waals surface area contributed by atoms with Crippen molar-refractivity contribution in [3.8, 4) is 0 Å². The van der Waals surface area contributed by atoms with E-state index in [-0.39, 0.29) is 46.6 Å². The average molecular weight is 719 g/mol. The number of likely N-dealkylation sites (tertiary alicyclic amines) is 2. The van der Waals surface area contributed by atoms with E-state index in [1.807, 2.05) is 17.0 Å². The molecular formula is C37H39ClN4O7S. The number of halogens is 1. The van der Waals surface area contributed by atoms with Crippen molar-refractivity contribution < 1.29 is 27.2 Å². The highest BCUT2D eigenvalue weighted by atomic mass is 35.5. The number of anilines is 1. The van der Waals surface area contributed by atoms with Crippen molar-refractivity contribution in [2.24, 2.45) is 0 Å². The van der Waals surface area contributed by atoms with Gasteiger partial charge >= 0.3 is 0 Å². The molecule has 2 saturated heterocycles. The third kappa shape index (κ3) is 7.87. The highest BCUT2D eigenvalue weighted by Gasteiger charge is 2.32. The van der Waals surface area contributed by atoms with Crippen molar-refractivity contribution >= 4 is 56.0 Å². The van der Waals surface area contributed by atoms with E-state index in [9.17, 15) is 27.6 Å². The summed E-state index contributed by atoms with van der Waals surface area (Å²) in [6.45, 7) is 2.34. The van der Waals surface area contributed by atoms with E-state index in [1.165, 1.54) is 30.8 Å².